The fraction of sp³-hybridized carbons (Fsp3) is 0.667. The predicted molar refractivity (Wildman–Crippen MR) is 78.1 cm³/mol. The molecule has 0 radical (unpaired) electrons. The molecule has 5 nitrogen and oxygen atoms in total. The van der Waals surface area contributed by atoms with Gasteiger partial charge in [0.1, 0.15) is 4.21 Å². The summed E-state index contributed by atoms with van der Waals surface area (Å²) in [5.74, 6) is 0. The Bertz CT molecular complexity index is 483. The van der Waals surface area contributed by atoms with Gasteiger partial charge in [0.2, 0.25) is 10.0 Å². The van der Waals surface area contributed by atoms with Gasteiger partial charge in [0.15, 0.2) is 0 Å². The molecule has 7 heteroatoms. The topological polar surface area (TPSA) is 67.4 Å². The molecule has 0 spiro atoms. The number of hydrogen-bond acceptors (Lipinski definition) is 5. The first kappa shape index (κ1) is 16.6. The first-order chi connectivity index (χ1) is 9.01. The van der Waals surface area contributed by atoms with Crippen molar-refractivity contribution in [3.63, 3.8) is 0 Å². The molecule has 0 unspecified atom stereocenters. The number of rotatable bonds is 9. The summed E-state index contributed by atoms with van der Waals surface area (Å²) in [5, 5.41) is 3.03. The van der Waals surface area contributed by atoms with Gasteiger partial charge in [0, 0.05) is 31.2 Å². The zero-order valence-electron chi connectivity index (χ0n) is 11.7. The van der Waals surface area contributed by atoms with E-state index in [0.29, 0.717) is 36.9 Å². The van der Waals surface area contributed by atoms with Crippen LogP contribution in [-0.4, -0.2) is 35.2 Å². The lowest BCUT2D eigenvalue weighted by molar-refractivity contribution is 0.146. The van der Waals surface area contributed by atoms with Crippen LogP contribution < -0.4 is 10.0 Å². The number of ether oxygens (including phenoxy) is 1. The van der Waals surface area contributed by atoms with Crippen LogP contribution in [0, 0.1) is 6.92 Å². The smallest absolute Gasteiger partial charge is 0.250 e. The zero-order valence-corrected chi connectivity index (χ0v) is 13.3. The van der Waals surface area contributed by atoms with Crippen LogP contribution in [0.1, 0.15) is 23.8 Å². The molecule has 0 fully saturated rings. The van der Waals surface area contributed by atoms with Gasteiger partial charge < -0.3 is 10.1 Å². The monoisotopic (exact) mass is 306 g/mol. The lowest BCUT2D eigenvalue weighted by Crippen LogP contribution is -2.24. The molecule has 0 atom stereocenters. The predicted octanol–water partition coefficient (Wildman–Crippen LogP) is 1.48. The summed E-state index contributed by atoms with van der Waals surface area (Å²) in [6.45, 7) is 6.17. The Morgan fingerprint density at radius 1 is 1.42 bits per heavy atom. The molecular weight excluding hydrogens is 284 g/mol. The molecule has 1 aromatic rings. The summed E-state index contributed by atoms with van der Waals surface area (Å²) < 4.78 is 32.3. The molecule has 0 aromatic carbocycles. The van der Waals surface area contributed by atoms with Crippen molar-refractivity contribution in [2.45, 2.75) is 31.0 Å². The molecular formula is C12H22N2O3S2. The van der Waals surface area contributed by atoms with E-state index in [1.165, 1.54) is 11.3 Å². The van der Waals surface area contributed by atoms with E-state index in [4.69, 9.17) is 4.74 Å². The molecule has 1 heterocycles. The fourth-order valence-corrected chi connectivity index (χ4v) is 4.27. The third-order valence-corrected chi connectivity index (χ3v) is 5.73. The number of aryl methyl sites for hydroxylation is 1. The largest absolute Gasteiger partial charge is 0.382 e. The molecule has 19 heavy (non-hydrogen) atoms. The van der Waals surface area contributed by atoms with E-state index in [1.54, 1.807) is 6.07 Å². The molecule has 0 aliphatic heterocycles. The third-order valence-electron chi connectivity index (χ3n) is 2.56. The van der Waals surface area contributed by atoms with Crippen molar-refractivity contribution in [3.05, 3.63) is 16.5 Å². The maximum absolute atomic E-state index is 12.1. The lowest BCUT2D eigenvalue weighted by atomic mass is 10.3. The van der Waals surface area contributed by atoms with Crippen LogP contribution in [0.5, 0.6) is 0 Å². The third kappa shape index (κ3) is 5.19. The highest BCUT2D eigenvalue weighted by atomic mass is 32.2. The van der Waals surface area contributed by atoms with Gasteiger partial charge in [0.05, 0.1) is 0 Å². The summed E-state index contributed by atoms with van der Waals surface area (Å²) in [6, 6.07) is 1.72. The van der Waals surface area contributed by atoms with Gasteiger partial charge >= 0.3 is 0 Å². The quantitative estimate of drug-likeness (QED) is 0.678. The molecule has 0 saturated heterocycles. The van der Waals surface area contributed by atoms with Crippen LogP contribution >= 0.6 is 11.3 Å². The Labute approximate surface area is 119 Å². The second-order valence-corrected chi connectivity index (χ2v) is 7.28. The number of sulfonamides is 1. The van der Waals surface area contributed by atoms with E-state index in [0.717, 1.165) is 10.4 Å². The van der Waals surface area contributed by atoms with Crippen molar-refractivity contribution in [2.24, 2.45) is 0 Å². The zero-order chi connectivity index (χ0) is 14.3. The van der Waals surface area contributed by atoms with Gasteiger partial charge in [-0.3, -0.25) is 0 Å². The van der Waals surface area contributed by atoms with Gasteiger partial charge in [-0.2, -0.15) is 0 Å². The second kappa shape index (κ2) is 7.96. The van der Waals surface area contributed by atoms with Crippen LogP contribution in [0.4, 0.5) is 0 Å². The van der Waals surface area contributed by atoms with E-state index < -0.39 is 10.0 Å². The molecule has 2 N–H and O–H groups in total. The standard InChI is InChI=1S/C12H22N2O3S2/c1-4-17-7-5-6-14-19(15,16)12-8-10(2)11(18-12)9-13-3/h8,13-14H,4-7,9H2,1-3H3. The summed E-state index contributed by atoms with van der Waals surface area (Å²) in [5.41, 5.74) is 1.01. The summed E-state index contributed by atoms with van der Waals surface area (Å²) in [6.07, 6.45) is 0.681. The van der Waals surface area contributed by atoms with Crippen molar-refractivity contribution in [1.29, 1.82) is 0 Å². The van der Waals surface area contributed by atoms with E-state index in [9.17, 15) is 8.42 Å². The molecule has 0 bridgehead atoms. The van der Waals surface area contributed by atoms with Crippen LogP contribution in [0.15, 0.2) is 10.3 Å². The second-order valence-electron chi connectivity index (χ2n) is 4.15. The summed E-state index contributed by atoms with van der Waals surface area (Å²) in [4.78, 5) is 1.05. The number of nitrogens with one attached hydrogen (secondary N) is 2. The minimum absolute atomic E-state index is 0.381. The molecule has 110 valence electrons. The van der Waals surface area contributed by atoms with Crippen LogP contribution in [0.25, 0.3) is 0 Å². The molecule has 1 rings (SSSR count). The van der Waals surface area contributed by atoms with Gasteiger partial charge in [-0.05, 0) is 38.9 Å². The average Bonchev–Trinajstić information content (AvgIpc) is 2.72. The van der Waals surface area contributed by atoms with Crippen molar-refractivity contribution in [1.82, 2.24) is 10.0 Å². The maximum atomic E-state index is 12.1. The van der Waals surface area contributed by atoms with Gasteiger partial charge in [-0.25, -0.2) is 13.1 Å². The van der Waals surface area contributed by atoms with Gasteiger partial charge in [-0.15, -0.1) is 11.3 Å². The van der Waals surface area contributed by atoms with Gasteiger partial charge in [0.25, 0.3) is 0 Å². The Morgan fingerprint density at radius 3 is 2.79 bits per heavy atom. The normalized spacial score (nSPS) is 11.9. The van der Waals surface area contributed by atoms with Crippen molar-refractivity contribution in [2.75, 3.05) is 26.8 Å². The highest BCUT2D eigenvalue weighted by Gasteiger charge is 2.17. The van der Waals surface area contributed by atoms with Crippen LogP contribution in [0.2, 0.25) is 0 Å². The van der Waals surface area contributed by atoms with E-state index in [1.807, 2.05) is 20.9 Å². The minimum atomic E-state index is -3.38. The molecule has 0 aliphatic carbocycles. The minimum Gasteiger partial charge on any atom is -0.382 e. The van der Waals surface area contributed by atoms with Crippen molar-refractivity contribution >= 4 is 21.4 Å². The SMILES string of the molecule is CCOCCCNS(=O)(=O)c1cc(C)c(CNC)s1. The lowest BCUT2D eigenvalue weighted by Gasteiger charge is -2.04. The van der Waals surface area contributed by atoms with E-state index in [2.05, 4.69) is 10.0 Å². The summed E-state index contributed by atoms with van der Waals surface area (Å²) in [7, 11) is -1.54. The molecule has 0 amide bonds. The number of thiophene rings is 1. The highest BCUT2D eigenvalue weighted by molar-refractivity contribution is 7.91. The maximum Gasteiger partial charge on any atom is 0.250 e. The summed E-state index contributed by atoms with van der Waals surface area (Å²) >= 11 is 1.32. The fourth-order valence-electron chi connectivity index (χ4n) is 1.55. The van der Waals surface area contributed by atoms with Crippen molar-refractivity contribution < 1.29 is 13.2 Å². The Kier molecular flexibility index (Phi) is 6.95. The molecule has 0 aliphatic rings. The van der Waals surface area contributed by atoms with E-state index in [-0.39, 0.29) is 0 Å². The Balaban J connectivity index is 2.59. The molecule has 0 saturated carbocycles. The first-order valence-corrected chi connectivity index (χ1v) is 8.62. The molecule has 1 aromatic heterocycles. The highest BCUT2D eigenvalue weighted by Crippen LogP contribution is 2.25. The van der Waals surface area contributed by atoms with Crippen molar-refractivity contribution in [3.8, 4) is 0 Å². The Morgan fingerprint density at radius 2 is 2.16 bits per heavy atom. The van der Waals surface area contributed by atoms with Gasteiger partial charge in [-0.1, -0.05) is 0 Å². The van der Waals surface area contributed by atoms with E-state index >= 15 is 0 Å². The number of hydrogen-bond donors (Lipinski definition) is 2. The van der Waals surface area contributed by atoms with Crippen LogP contribution in [-0.2, 0) is 21.3 Å². The first-order valence-electron chi connectivity index (χ1n) is 6.32. The van der Waals surface area contributed by atoms with Crippen LogP contribution in [0.3, 0.4) is 0 Å². The Hall–Kier alpha value is -0.470. The average molecular weight is 306 g/mol.